The first-order valence-electron chi connectivity index (χ1n) is 4.41. The van der Waals surface area contributed by atoms with Gasteiger partial charge in [0.1, 0.15) is 10.6 Å². The van der Waals surface area contributed by atoms with Crippen molar-refractivity contribution in [3.63, 3.8) is 0 Å². The van der Waals surface area contributed by atoms with Gasteiger partial charge in [-0.1, -0.05) is 11.8 Å². The number of hydrogen-bond donors (Lipinski definition) is 3. The predicted molar refractivity (Wildman–Crippen MR) is 57.5 cm³/mol. The number of H-pyrrole nitrogens is 2. The third-order valence-corrected chi connectivity index (χ3v) is 2.91. The van der Waals surface area contributed by atoms with Crippen molar-refractivity contribution in [2.24, 2.45) is 0 Å². The molecule has 0 fully saturated rings. The highest BCUT2D eigenvalue weighted by molar-refractivity contribution is 8.00. The van der Waals surface area contributed by atoms with Crippen molar-refractivity contribution in [3.05, 3.63) is 16.6 Å². The lowest BCUT2D eigenvalue weighted by Gasteiger charge is -2.03. The van der Waals surface area contributed by atoms with Gasteiger partial charge in [0.2, 0.25) is 0 Å². The van der Waals surface area contributed by atoms with Gasteiger partial charge in [-0.05, 0) is 6.92 Å². The van der Waals surface area contributed by atoms with E-state index < -0.39 is 11.2 Å². The van der Waals surface area contributed by atoms with Crippen LogP contribution in [0.15, 0.2) is 16.1 Å². The lowest BCUT2D eigenvalue weighted by Crippen LogP contribution is -2.14. The molecule has 3 N–H and O–H groups in total. The van der Waals surface area contributed by atoms with Crippen LogP contribution in [0.25, 0.3) is 11.0 Å². The summed E-state index contributed by atoms with van der Waals surface area (Å²) in [7, 11) is 0. The van der Waals surface area contributed by atoms with Crippen LogP contribution in [0.3, 0.4) is 0 Å². The van der Waals surface area contributed by atoms with Gasteiger partial charge in [-0.25, -0.2) is 4.98 Å². The zero-order valence-corrected chi connectivity index (χ0v) is 9.04. The van der Waals surface area contributed by atoms with Crippen LogP contribution in [0.1, 0.15) is 6.92 Å². The first kappa shape index (κ1) is 10.7. The van der Waals surface area contributed by atoms with E-state index in [1.54, 1.807) is 0 Å². The quantitative estimate of drug-likeness (QED) is 0.522. The summed E-state index contributed by atoms with van der Waals surface area (Å²) >= 11 is 0.970. The number of nitrogens with one attached hydrogen (secondary N) is 2. The highest BCUT2D eigenvalue weighted by atomic mass is 32.2. The van der Waals surface area contributed by atoms with E-state index >= 15 is 0 Å². The number of fused-ring (bicyclic) bond motifs is 1. The molecule has 2 aromatic heterocycles. The monoisotopic (exact) mass is 240 g/mol. The summed E-state index contributed by atoms with van der Waals surface area (Å²) in [5.41, 5.74) is 0.0164. The third-order valence-electron chi connectivity index (χ3n) is 1.93. The second-order valence-electron chi connectivity index (χ2n) is 3.10. The average Bonchev–Trinajstić information content (AvgIpc) is 2.65. The number of carbonyl (C=O) groups is 1. The number of carboxylic acids is 1. The standard InChI is InChI=1S/C8H8N4O3S/c1-3(7(14)15)16-8-10-5-4(2-9-12-5)6(13)11-8/h2-3H,1H3,(H,14,15)(H2,9,10,11,12,13)/t3-/m1/s1. The number of aliphatic carboxylic acids is 1. The van der Waals surface area contributed by atoms with Crippen molar-refractivity contribution in [3.8, 4) is 0 Å². The summed E-state index contributed by atoms with van der Waals surface area (Å²) in [4.78, 5) is 28.7. The van der Waals surface area contributed by atoms with Crippen LogP contribution in [0.2, 0.25) is 0 Å². The molecule has 2 heterocycles. The molecule has 8 heteroatoms. The Morgan fingerprint density at radius 1 is 1.62 bits per heavy atom. The maximum Gasteiger partial charge on any atom is 0.316 e. The van der Waals surface area contributed by atoms with Crippen molar-refractivity contribution in [2.75, 3.05) is 0 Å². The van der Waals surface area contributed by atoms with E-state index in [0.29, 0.717) is 11.0 Å². The largest absolute Gasteiger partial charge is 0.480 e. The van der Waals surface area contributed by atoms with Gasteiger partial charge in [0.15, 0.2) is 10.8 Å². The second-order valence-corrected chi connectivity index (χ2v) is 4.43. The van der Waals surface area contributed by atoms with Crippen LogP contribution >= 0.6 is 11.8 Å². The number of nitrogens with zero attached hydrogens (tertiary/aromatic N) is 2. The molecule has 0 aliphatic heterocycles. The fraction of sp³-hybridized carbons (Fsp3) is 0.250. The third kappa shape index (κ3) is 1.91. The SMILES string of the molecule is C[C@@H](Sc1nc2[nH]ncc2c(=O)[nH]1)C(=O)O. The number of thioether (sulfide) groups is 1. The van der Waals surface area contributed by atoms with Crippen LogP contribution in [-0.4, -0.2) is 36.5 Å². The predicted octanol–water partition coefficient (Wildman–Crippen LogP) is 0.211. The normalized spacial score (nSPS) is 12.8. The Labute approximate surface area is 93.3 Å². The van der Waals surface area contributed by atoms with Crippen molar-refractivity contribution >= 4 is 28.8 Å². The molecule has 2 rings (SSSR count). The number of aromatic amines is 2. The van der Waals surface area contributed by atoms with Gasteiger partial charge in [0.05, 0.1) is 6.20 Å². The van der Waals surface area contributed by atoms with Gasteiger partial charge in [0.25, 0.3) is 5.56 Å². The maximum atomic E-state index is 11.5. The molecular weight excluding hydrogens is 232 g/mol. The van der Waals surface area contributed by atoms with Crippen LogP contribution in [0.4, 0.5) is 0 Å². The summed E-state index contributed by atoms with van der Waals surface area (Å²) in [6.07, 6.45) is 1.37. The summed E-state index contributed by atoms with van der Waals surface area (Å²) in [5, 5.41) is 14.9. The molecule has 0 spiro atoms. The van der Waals surface area contributed by atoms with Crippen LogP contribution in [0, 0.1) is 0 Å². The summed E-state index contributed by atoms with van der Waals surface area (Å²) in [5.74, 6) is -0.961. The molecule has 0 aromatic carbocycles. The maximum absolute atomic E-state index is 11.5. The Bertz CT molecular complexity index is 590. The molecule has 0 unspecified atom stereocenters. The number of hydrogen-bond acceptors (Lipinski definition) is 5. The highest BCUT2D eigenvalue weighted by Crippen LogP contribution is 2.19. The molecule has 0 bridgehead atoms. The lowest BCUT2D eigenvalue weighted by molar-refractivity contribution is -0.136. The summed E-state index contributed by atoms with van der Waals surface area (Å²) in [6, 6.07) is 0. The van der Waals surface area contributed by atoms with Gasteiger partial charge in [-0.3, -0.25) is 14.7 Å². The topological polar surface area (TPSA) is 112 Å². The van der Waals surface area contributed by atoms with Crippen LogP contribution in [-0.2, 0) is 4.79 Å². The highest BCUT2D eigenvalue weighted by Gasteiger charge is 2.15. The number of aromatic nitrogens is 4. The first-order valence-corrected chi connectivity index (χ1v) is 5.29. The van der Waals surface area contributed by atoms with E-state index in [1.165, 1.54) is 13.1 Å². The second kappa shape index (κ2) is 3.97. The van der Waals surface area contributed by atoms with Gasteiger partial charge in [-0.15, -0.1) is 0 Å². The molecule has 7 nitrogen and oxygen atoms in total. The van der Waals surface area contributed by atoms with E-state index in [4.69, 9.17) is 5.11 Å². The molecule has 0 aliphatic rings. The van der Waals surface area contributed by atoms with E-state index in [-0.39, 0.29) is 10.7 Å². The number of carboxylic acid groups (broad SMARTS) is 1. The average molecular weight is 240 g/mol. The fourth-order valence-electron chi connectivity index (χ4n) is 1.10. The van der Waals surface area contributed by atoms with Crippen molar-refractivity contribution in [1.82, 2.24) is 20.2 Å². The molecule has 0 radical (unpaired) electrons. The molecule has 16 heavy (non-hydrogen) atoms. The zero-order valence-electron chi connectivity index (χ0n) is 8.22. The number of rotatable bonds is 3. The Morgan fingerprint density at radius 2 is 2.38 bits per heavy atom. The van der Waals surface area contributed by atoms with Gasteiger partial charge >= 0.3 is 5.97 Å². The smallest absolute Gasteiger partial charge is 0.316 e. The molecule has 2 aromatic rings. The first-order chi connectivity index (χ1) is 7.58. The van der Waals surface area contributed by atoms with Crippen molar-refractivity contribution in [2.45, 2.75) is 17.3 Å². The molecule has 0 aliphatic carbocycles. The van der Waals surface area contributed by atoms with Crippen LogP contribution in [0.5, 0.6) is 0 Å². The molecule has 1 atom stereocenters. The minimum Gasteiger partial charge on any atom is -0.480 e. The molecule has 0 amide bonds. The van der Waals surface area contributed by atoms with E-state index in [0.717, 1.165) is 11.8 Å². The van der Waals surface area contributed by atoms with Crippen molar-refractivity contribution < 1.29 is 9.90 Å². The molecule has 0 saturated heterocycles. The van der Waals surface area contributed by atoms with E-state index in [1.807, 2.05) is 0 Å². The Balaban J connectivity index is 2.39. The van der Waals surface area contributed by atoms with Crippen molar-refractivity contribution in [1.29, 1.82) is 0 Å². The molecule has 84 valence electrons. The Kier molecular flexibility index (Phi) is 2.65. The van der Waals surface area contributed by atoms with E-state index in [2.05, 4.69) is 20.2 Å². The minimum atomic E-state index is -0.961. The summed E-state index contributed by atoms with van der Waals surface area (Å²) < 4.78 is 0. The Hall–Kier alpha value is -1.83. The Morgan fingerprint density at radius 3 is 3.06 bits per heavy atom. The molecule has 0 saturated carbocycles. The van der Waals surface area contributed by atoms with Crippen LogP contribution < -0.4 is 5.56 Å². The van der Waals surface area contributed by atoms with E-state index in [9.17, 15) is 9.59 Å². The molecular formula is C8H8N4O3S. The van der Waals surface area contributed by atoms with Gasteiger partial charge < -0.3 is 10.1 Å². The lowest BCUT2D eigenvalue weighted by atomic mass is 10.4. The summed E-state index contributed by atoms with van der Waals surface area (Å²) in [6.45, 7) is 1.52. The minimum absolute atomic E-state index is 0.261. The van der Waals surface area contributed by atoms with Gasteiger partial charge in [-0.2, -0.15) is 5.10 Å². The zero-order chi connectivity index (χ0) is 11.7. The van der Waals surface area contributed by atoms with Gasteiger partial charge in [0, 0.05) is 0 Å². The fourth-order valence-corrected chi connectivity index (χ4v) is 1.83.